The molecule has 0 unspecified atom stereocenters. The quantitative estimate of drug-likeness (QED) is 0.861. The Kier molecular flexibility index (Phi) is 3.16. The standard InChI is InChI=1S/C15H11BrN2O2/c16-10-4-5-12-13(7-10)15(20)18(14(12)19)11-3-1-2-9(6-11)8-17/h1-7H,8,17H2. The zero-order valence-corrected chi connectivity index (χ0v) is 12.1. The average Bonchev–Trinajstić information content (AvgIpc) is 2.70. The lowest BCUT2D eigenvalue weighted by Crippen LogP contribution is -2.29. The summed E-state index contributed by atoms with van der Waals surface area (Å²) in [6, 6.07) is 12.2. The van der Waals surface area contributed by atoms with Crippen LogP contribution in [0.2, 0.25) is 0 Å². The molecule has 2 amide bonds. The maximum absolute atomic E-state index is 12.4. The molecule has 0 aromatic heterocycles. The Labute approximate surface area is 124 Å². The Morgan fingerprint density at radius 1 is 1.00 bits per heavy atom. The molecule has 2 aromatic carbocycles. The summed E-state index contributed by atoms with van der Waals surface area (Å²) < 4.78 is 0.773. The van der Waals surface area contributed by atoms with Gasteiger partial charge in [0.2, 0.25) is 0 Å². The number of nitrogens with two attached hydrogens (primary N) is 1. The molecule has 1 heterocycles. The first kappa shape index (κ1) is 13.0. The first-order valence-corrected chi connectivity index (χ1v) is 6.88. The summed E-state index contributed by atoms with van der Waals surface area (Å²) in [5.41, 5.74) is 7.87. The number of halogens is 1. The monoisotopic (exact) mass is 330 g/mol. The van der Waals surface area contributed by atoms with Gasteiger partial charge in [-0.3, -0.25) is 9.59 Å². The van der Waals surface area contributed by atoms with Crippen molar-refractivity contribution in [1.82, 2.24) is 0 Å². The van der Waals surface area contributed by atoms with Crippen molar-refractivity contribution in [3.8, 4) is 0 Å². The van der Waals surface area contributed by atoms with Gasteiger partial charge in [0.1, 0.15) is 0 Å². The zero-order valence-electron chi connectivity index (χ0n) is 10.5. The fourth-order valence-electron chi connectivity index (χ4n) is 2.27. The maximum atomic E-state index is 12.4. The van der Waals surface area contributed by atoms with E-state index < -0.39 is 0 Å². The summed E-state index contributed by atoms with van der Waals surface area (Å²) in [6.07, 6.45) is 0. The van der Waals surface area contributed by atoms with E-state index in [9.17, 15) is 9.59 Å². The summed E-state index contributed by atoms with van der Waals surface area (Å²) in [4.78, 5) is 26.0. The van der Waals surface area contributed by atoms with E-state index in [1.807, 2.05) is 6.07 Å². The van der Waals surface area contributed by atoms with Crippen LogP contribution in [0.25, 0.3) is 0 Å². The van der Waals surface area contributed by atoms with Gasteiger partial charge in [-0.25, -0.2) is 4.90 Å². The third-order valence-corrected chi connectivity index (χ3v) is 3.75. The van der Waals surface area contributed by atoms with E-state index in [4.69, 9.17) is 5.73 Å². The van der Waals surface area contributed by atoms with Crippen LogP contribution in [0.3, 0.4) is 0 Å². The molecule has 0 spiro atoms. The van der Waals surface area contributed by atoms with Crippen LogP contribution in [0, 0.1) is 0 Å². The number of imide groups is 1. The number of nitrogens with zero attached hydrogens (tertiary/aromatic N) is 1. The van der Waals surface area contributed by atoms with Crippen LogP contribution < -0.4 is 10.6 Å². The van der Waals surface area contributed by atoms with E-state index in [-0.39, 0.29) is 11.8 Å². The number of anilines is 1. The van der Waals surface area contributed by atoms with Crippen molar-refractivity contribution >= 4 is 33.4 Å². The van der Waals surface area contributed by atoms with E-state index in [1.54, 1.807) is 36.4 Å². The van der Waals surface area contributed by atoms with Gasteiger partial charge in [0, 0.05) is 11.0 Å². The Morgan fingerprint density at radius 2 is 1.75 bits per heavy atom. The molecule has 100 valence electrons. The summed E-state index contributed by atoms with van der Waals surface area (Å²) >= 11 is 3.31. The van der Waals surface area contributed by atoms with Crippen molar-refractivity contribution in [3.63, 3.8) is 0 Å². The molecule has 4 nitrogen and oxygen atoms in total. The van der Waals surface area contributed by atoms with E-state index in [0.29, 0.717) is 23.4 Å². The lowest BCUT2D eigenvalue weighted by Gasteiger charge is -2.14. The average molecular weight is 331 g/mol. The second-order valence-electron chi connectivity index (χ2n) is 4.51. The molecular formula is C15H11BrN2O2. The molecule has 0 bridgehead atoms. The summed E-state index contributed by atoms with van der Waals surface area (Å²) in [5.74, 6) is -0.604. The second-order valence-corrected chi connectivity index (χ2v) is 5.43. The number of amides is 2. The van der Waals surface area contributed by atoms with Crippen LogP contribution in [0.5, 0.6) is 0 Å². The van der Waals surface area contributed by atoms with Crippen LogP contribution in [0.1, 0.15) is 26.3 Å². The minimum atomic E-state index is -0.305. The van der Waals surface area contributed by atoms with Gasteiger partial charge in [-0.05, 0) is 35.9 Å². The van der Waals surface area contributed by atoms with Crippen LogP contribution in [0.4, 0.5) is 5.69 Å². The molecule has 0 atom stereocenters. The number of benzene rings is 2. The van der Waals surface area contributed by atoms with Gasteiger partial charge >= 0.3 is 0 Å². The van der Waals surface area contributed by atoms with Crippen LogP contribution in [0.15, 0.2) is 46.9 Å². The Balaban J connectivity index is 2.09. The first-order valence-electron chi connectivity index (χ1n) is 6.09. The first-order chi connectivity index (χ1) is 9.61. The number of carbonyl (C=O) groups is 2. The van der Waals surface area contributed by atoms with Gasteiger partial charge in [-0.15, -0.1) is 0 Å². The van der Waals surface area contributed by atoms with E-state index in [0.717, 1.165) is 10.0 Å². The van der Waals surface area contributed by atoms with Crippen molar-refractivity contribution in [3.05, 3.63) is 63.6 Å². The highest BCUT2D eigenvalue weighted by atomic mass is 79.9. The van der Waals surface area contributed by atoms with Crippen molar-refractivity contribution in [2.45, 2.75) is 6.54 Å². The van der Waals surface area contributed by atoms with Gasteiger partial charge in [0.05, 0.1) is 16.8 Å². The third kappa shape index (κ3) is 1.95. The Hall–Kier alpha value is -1.98. The number of hydrogen-bond donors (Lipinski definition) is 1. The molecule has 0 saturated carbocycles. The number of carbonyl (C=O) groups excluding carboxylic acids is 2. The number of hydrogen-bond acceptors (Lipinski definition) is 3. The van der Waals surface area contributed by atoms with Gasteiger partial charge in [0.25, 0.3) is 11.8 Å². The zero-order chi connectivity index (χ0) is 14.3. The molecule has 5 heteroatoms. The molecule has 0 saturated heterocycles. The van der Waals surface area contributed by atoms with Crippen molar-refractivity contribution in [1.29, 1.82) is 0 Å². The fourth-order valence-corrected chi connectivity index (χ4v) is 2.63. The van der Waals surface area contributed by atoms with Crippen LogP contribution >= 0.6 is 15.9 Å². The SMILES string of the molecule is NCc1cccc(N2C(=O)c3ccc(Br)cc3C2=O)c1. The van der Waals surface area contributed by atoms with Gasteiger partial charge in [-0.1, -0.05) is 28.1 Å². The predicted octanol–water partition coefficient (Wildman–Crippen LogP) is 2.71. The largest absolute Gasteiger partial charge is 0.326 e. The number of rotatable bonds is 2. The molecule has 2 aromatic rings. The minimum Gasteiger partial charge on any atom is -0.326 e. The third-order valence-electron chi connectivity index (χ3n) is 3.25. The highest BCUT2D eigenvalue weighted by molar-refractivity contribution is 9.10. The molecule has 1 aliphatic rings. The minimum absolute atomic E-state index is 0.299. The molecule has 1 aliphatic heterocycles. The van der Waals surface area contributed by atoms with Gasteiger partial charge in [-0.2, -0.15) is 0 Å². The van der Waals surface area contributed by atoms with E-state index in [2.05, 4.69) is 15.9 Å². The molecular weight excluding hydrogens is 320 g/mol. The van der Waals surface area contributed by atoms with Crippen LogP contribution in [-0.2, 0) is 6.54 Å². The van der Waals surface area contributed by atoms with Crippen molar-refractivity contribution < 1.29 is 9.59 Å². The highest BCUT2D eigenvalue weighted by Gasteiger charge is 2.36. The summed E-state index contributed by atoms with van der Waals surface area (Å²) in [7, 11) is 0. The number of fused-ring (bicyclic) bond motifs is 1. The summed E-state index contributed by atoms with van der Waals surface area (Å²) in [6.45, 7) is 0.364. The van der Waals surface area contributed by atoms with E-state index >= 15 is 0 Å². The molecule has 0 fully saturated rings. The lowest BCUT2D eigenvalue weighted by molar-refractivity contribution is 0.0926. The lowest BCUT2D eigenvalue weighted by atomic mass is 10.1. The summed E-state index contributed by atoms with van der Waals surface area (Å²) in [5, 5.41) is 0. The van der Waals surface area contributed by atoms with Gasteiger partial charge < -0.3 is 5.73 Å². The molecule has 3 rings (SSSR count). The Bertz CT molecular complexity index is 728. The van der Waals surface area contributed by atoms with Crippen molar-refractivity contribution in [2.24, 2.45) is 5.73 Å². The predicted molar refractivity (Wildman–Crippen MR) is 79.6 cm³/mol. The Morgan fingerprint density at radius 3 is 2.50 bits per heavy atom. The maximum Gasteiger partial charge on any atom is 0.266 e. The van der Waals surface area contributed by atoms with Crippen molar-refractivity contribution in [2.75, 3.05) is 4.90 Å². The highest BCUT2D eigenvalue weighted by Crippen LogP contribution is 2.30. The fraction of sp³-hybridized carbons (Fsp3) is 0.0667. The smallest absolute Gasteiger partial charge is 0.266 e. The molecule has 2 N–H and O–H groups in total. The van der Waals surface area contributed by atoms with Gasteiger partial charge in [0.15, 0.2) is 0 Å². The second kappa shape index (κ2) is 4.85. The normalized spacial score (nSPS) is 13.8. The van der Waals surface area contributed by atoms with E-state index in [1.165, 1.54) is 4.90 Å². The topological polar surface area (TPSA) is 63.4 Å². The molecule has 20 heavy (non-hydrogen) atoms. The van der Waals surface area contributed by atoms with Crippen LogP contribution in [-0.4, -0.2) is 11.8 Å². The molecule has 0 aliphatic carbocycles. The molecule has 0 radical (unpaired) electrons.